The van der Waals surface area contributed by atoms with Crippen LogP contribution in [0.5, 0.6) is 0 Å². The fourth-order valence-corrected chi connectivity index (χ4v) is 2.49. The summed E-state index contributed by atoms with van der Waals surface area (Å²) in [6.07, 6.45) is 2.92. The molecule has 24 heavy (non-hydrogen) atoms. The molecule has 0 rings (SSSR count). The Morgan fingerprint density at radius 2 is 1.67 bits per heavy atom. The number of nitrogens with zero attached hydrogens (tertiary/aromatic N) is 1. The first-order chi connectivity index (χ1) is 11.2. The van der Waals surface area contributed by atoms with Crippen LogP contribution in [0, 0.1) is 0 Å². The molecule has 0 saturated heterocycles. The molecule has 0 aliphatic heterocycles. The number of carbonyl (C=O) groups excluding carboxylic acids is 2. The van der Waals surface area contributed by atoms with Crippen LogP contribution < -0.4 is 5.32 Å². The highest BCUT2D eigenvalue weighted by atomic mass is 16.6. The lowest BCUT2D eigenvalue weighted by Crippen LogP contribution is -2.43. The Morgan fingerprint density at radius 3 is 2.12 bits per heavy atom. The van der Waals surface area contributed by atoms with Gasteiger partial charge in [-0.2, -0.15) is 0 Å². The zero-order valence-corrected chi connectivity index (χ0v) is 16.3. The number of hydrogen-bond acceptors (Lipinski definition) is 5. The van der Waals surface area contributed by atoms with Crippen molar-refractivity contribution < 1.29 is 19.1 Å². The zero-order valence-electron chi connectivity index (χ0n) is 16.3. The van der Waals surface area contributed by atoms with E-state index in [2.05, 4.69) is 24.1 Å². The van der Waals surface area contributed by atoms with E-state index in [1.165, 1.54) is 0 Å². The number of rotatable bonds is 11. The van der Waals surface area contributed by atoms with Gasteiger partial charge >= 0.3 is 12.1 Å². The van der Waals surface area contributed by atoms with Crippen molar-refractivity contribution in [1.82, 2.24) is 10.2 Å². The van der Waals surface area contributed by atoms with Crippen LogP contribution in [0.2, 0.25) is 0 Å². The Labute approximate surface area is 147 Å². The molecule has 0 aliphatic carbocycles. The molecule has 6 nitrogen and oxygen atoms in total. The van der Waals surface area contributed by atoms with E-state index in [1.807, 2.05) is 27.7 Å². The summed E-state index contributed by atoms with van der Waals surface area (Å²) in [7, 11) is 0. The zero-order chi connectivity index (χ0) is 18.6. The second-order valence-corrected chi connectivity index (χ2v) is 6.87. The van der Waals surface area contributed by atoms with E-state index >= 15 is 0 Å². The average Bonchev–Trinajstić information content (AvgIpc) is 2.45. The molecule has 0 heterocycles. The van der Waals surface area contributed by atoms with E-state index in [9.17, 15) is 9.59 Å². The molecule has 0 saturated carbocycles. The highest BCUT2D eigenvalue weighted by Crippen LogP contribution is 2.12. The Kier molecular flexibility index (Phi) is 11.5. The summed E-state index contributed by atoms with van der Waals surface area (Å²) < 4.78 is 10.4. The van der Waals surface area contributed by atoms with Crippen LogP contribution in [-0.2, 0) is 14.3 Å². The molecule has 0 aromatic carbocycles. The molecule has 0 aromatic heterocycles. The summed E-state index contributed by atoms with van der Waals surface area (Å²) in [5.41, 5.74) is -0.503. The highest BCUT2D eigenvalue weighted by molar-refractivity contribution is 5.75. The van der Waals surface area contributed by atoms with Gasteiger partial charge in [0.05, 0.1) is 6.61 Å². The van der Waals surface area contributed by atoms with Gasteiger partial charge in [0.25, 0.3) is 0 Å². The van der Waals surface area contributed by atoms with Gasteiger partial charge in [-0.25, -0.2) is 4.79 Å². The maximum Gasteiger partial charge on any atom is 0.407 e. The third-order valence-corrected chi connectivity index (χ3v) is 3.34. The predicted octanol–water partition coefficient (Wildman–Crippen LogP) is 3.35. The lowest BCUT2D eigenvalue weighted by molar-refractivity contribution is -0.150. The molecule has 0 fully saturated rings. The lowest BCUT2D eigenvalue weighted by atomic mass is 10.1. The van der Waals surface area contributed by atoms with E-state index in [0.717, 1.165) is 25.9 Å². The molecular formula is C18H36N2O4. The van der Waals surface area contributed by atoms with Gasteiger partial charge in [0.1, 0.15) is 11.6 Å². The maximum atomic E-state index is 12.3. The van der Waals surface area contributed by atoms with E-state index in [1.54, 1.807) is 0 Å². The van der Waals surface area contributed by atoms with Crippen LogP contribution in [0.25, 0.3) is 0 Å². The van der Waals surface area contributed by atoms with Crippen LogP contribution >= 0.6 is 0 Å². The van der Waals surface area contributed by atoms with Gasteiger partial charge in [-0.05, 0) is 66.5 Å². The number of amides is 1. The largest absolute Gasteiger partial charge is 0.465 e. The van der Waals surface area contributed by atoms with Gasteiger partial charge in [-0.15, -0.1) is 0 Å². The Hall–Kier alpha value is -1.30. The number of ether oxygens (including phenoxy) is 2. The normalized spacial score (nSPS) is 12.8. The van der Waals surface area contributed by atoms with E-state index in [4.69, 9.17) is 9.47 Å². The van der Waals surface area contributed by atoms with Crippen LogP contribution in [0.4, 0.5) is 4.79 Å². The molecule has 6 heteroatoms. The SMILES string of the molecule is CCCN(CCC)[C@H](CCCNC(=O)OC(C)(C)C)C(=O)OCC. The van der Waals surface area contributed by atoms with E-state index in [0.29, 0.717) is 26.0 Å². The van der Waals surface area contributed by atoms with Gasteiger partial charge in [0.15, 0.2) is 0 Å². The molecule has 0 radical (unpaired) electrons. The first kappa shape index (κ1) is 22.7. The van der Waals surface area contributed by atoms with Crippen LogP contribution in [-0.4, -0.2) is 54.8 Å². The third kappa shape index (κ3) is 10.5. The quantitative estimate of drug-likeness (QED) is 0.460. The summed E-state index contributed by atoms with van der Waals surface area (Å²) >= 11 is 0. The first-order valence-electron chi connectivity index (χ1n) is 9.12. The van der Waals surface area contributed by atoms with Crippen molar-refractivity contribution in [2.24, 2.45) is 0 Å². The van der Waals surface area contributed by atoms with Gasteiger partial charge in [0.2, 0.25) is 0 Å². The smallest absolute Gasteiger partial charge is 0.407 e. The summed E-state index contributed by atoms with van der Waals surface area (Å²) in [5.74, 6) is -0.170. The standard InChI is InChI=1S/C18H36N2O4/c1-7-13-20(14-8-2)15(16(21)23-9-3)11-10-12-19-17(22)24-18(4,5)6/h15H,7-14H2,1-6H3,(H,19,22)/t15-/m1/s1. The van der Waals surface area contributed by atoms with Gasteiger partial charge in [-0.3, -0.25) is 9.69 Å². The van der Waals surface area contributed by atoms with Crippen molar-refractivity contribution in [2.75, 3.05) is 26.2 Å². The number of esters is 1. The Bertz CT molecular complexity index is 361. The molecule has 1 amide bonds. The predicted molar refractivity (Wildman–Crippen MR) is 96.0 cm³/mol. The number of nitrogens with one attached hydrogen (secondary N) is 1. The minimum atomic E-state index is -0.503. The van der Waals surface area contributed by atoms with Crippen molar-refractivity contribution >= 4 is 12.1 Å². The molecule has 0 bridgehead atoms. The Morgan fingerprint density at radius 1 is 1.08 bits per heavy atom. The molecule has 1 atom stereocenters. The topological polar surface area (TPSA) is 67.9 Å². The number of alkyl carbamates (subject to hydrolysis) is 1. The fraction of sp³-hybridized carbons (Fsp3) is 0.889. The minimum absolute atomic E-state index is 0.170. The van der Waals surface area contributed by atoms with Gasteiger partial charge in [0, 0.05) is 6.54 Å². The van der Waals surface area contributed by atoms with Crippen molar-refractivity contribution in [3.8, 4) is 0 Å². The van der Waals surface area contributed by atoms with Crippen molar-refractivity contribution in [1.29, 1.82) is 0 Å². The molecule has 0 aromatic rings. The minimum Gasteiger partial charge on any atom is -0.465 e. The number of hydrogen-bond donors (Lipinski definition) is 1. The second-order valence-electron chi connectivity index (χ2n) is 6.87. The van der Waals surface area contributed by atoms with Crippen molar-refractivity contribution in [3.63, 3.8) is 0 Å². The monoisotopic (exact) mass is 344 g/mol. The summed E-state index contributed by atoms with van der Waals surface area (Å²) in [4.78, 5) is 26.1. The maximum absolute atomic E-state index is 12.3. The summed E-state index contributed by atoms with van der Waals surface area (Å²) in [6.45, 7) is 14.1. The van der Waals surface area contributed by atoms with Gasteiger partial charge < -0.3 is 14.8 Å². The molecule has 0 spiro atoms. The van der Waals surface area contributed by atoms with Crippen molar-refractivity contribution in [2.45, 2.75) is 78.9 Å². The molecule has 0 unspecified atom stereocenters. The molecule has 0 aliphatic rings. The first-order valence-corrected chi connectivity index (χ1v) is 9.12. The third-order valence-electron chi connectivity index (χ3n) is 3.34. The van der Waals surface area contributed by atoms with Gasteiger partial charge in [-0.1, -0.05) is 13.8 Å². The fourth-order valence-electron chi connectivity index (χ4n) is 2.49. The van der Waals surface area contributed by atoms with Crippen LogP contribution in [0.3, 0.4) is 0 Å². The molecular weight excluding hydrogens is 308 g/mol. The van der Waals surface area contributed by atoms with E-state index in [-0.39, 0.29) is 12.0 Å². The van der Waals surface area contributed by atoms with Crippen LogP contribution in [0.1, 0.15) is 67.2 Å². The second kappa shape index (κ2) is 12.1. The summed E-state index contributed by atoms with van der Waals surface area (Å²) in [6, 6.07) is -0.245. The Balaban J connectivity index is 4.50. The average molecular weight is 344 g/mol. The lowest BCUT2D eigenvalue weighted by Gasteiger charge is -2.29. The number of carbonyl (C=O) groups is 2. The van der Waals surface area contributed by atoms with Crippen LogP contribution in [0.15, 0.2) is 0 Å². The highest BCUT2D eigenvalue weighted by Gasteiger charge is 2.26. The van der Waals surface area contributed by atoms with Crippen molar-refractivity contribution in [3.05, 3.63) is 0 Å². The summed E-state index contributed by atoms with van der Waals surface area (Å²) in [5, 5.41) is 2.74. The molecule has 142 valence electrons. The molecule has 1 N–H and O–H groups in total. The van der Waals surface area contributed by atoms with E-state index < -0.39 is 11.7 Å².